The lowest BCUT2D eigenvalue weighted by Crippen LogP contribution is -2.39. The third-order valence-electron chi connectivity index (χ3n) is 8.65. The summed E-state index contributed by atoms with van der Waals surface area (Å²) >= 11 is 0. The van der Waals surface area contributed by atoms with E-state index >= 15 is 0 Å². The molecule has 2 aromatic heterocycles. The lowest BCUT2D eigenvalue weighted by Gasteiger charge is -2.30. The van der Waals surface area contributed by atoms with Gasteiger partial charge in [0.1, 0.15) is 22.9 Å². The standard InChI is InChI=1S/2C18H27N3O8S/c2*1-18(2,3)28-17(24)20(4)11-9-7-8-10-21-14(11)19-12(16(23)27-5)13(15(21)22)29-30(6,25)26/h2*11H,7-10H2,1-6H3. The van der Waals surface area contributed by atoms with Gasteiger partial charge in [-0.1, -0.05) is 0 Å². The fraction of sp³-hybridized carbons (Fsp3) is 0.667. The van der Waals surface area contributed by atoms with Crippen LogP contribution in [0.15, 0.2) is 9.59 Å². The SMILES string of the molecule is COC(=O)c1nc2n(c(=O)c1OS(C)(=O)=O)CCCCC2N(C)C(=O)OC(C)(C)C.COC(=O)c1nc2n(c(=O)c1OS(C)(=O)=O)CCCCC2N(C)C(=O)OC(C)(C)C. The molecule has 2 aliphatic rings. The molecular weight excluding hydrogens is 837 g/mol. The van der Waals surface area contributed by atoms with Crippen molar-refractivity contribution in [3.05, 3.63) is 43.7 Å². The van der Waals surface area contributed by atoms with Gasteiger partial charge < -0.3 is 37.1 Å². The minimum Gasteiger partial charge on any atom is -0.464 e. The first-order valence-corrected chi connectivity index (χ1v) is 22.3. The van der Waals surface area contributed by atoms with E-state index < -0.39 is 102 Å². The Morgan fingerprint density at radius 3 is 1.20 bits per heavy atom. The van der Waals surface area contributed by atoms with Gasteiger partial charge in [-0.05, 0) is 80.1 Å². The van der Waals surface area contributed by atoms with Crippen molar-refractivity contribution in [2.45, 2.75) is 116 Å². The van der Waals surface area contributed by atoms with E-state index in [2.05, 4.69) is 19.4 Å². The van der Waals surface area contributed by atoms with Crippen molar-refractivity contribution in [2.24, 2.45) is 0 Å². The number of hydrogen-bond acceptors (Lipinski definition) is 18. The molecule has 336 valence electrons. The van der Waals surface area contributed by atoms with Crippen LogP contribution in [0.25, 0.3) is 0 Å². The summed E-state index contributed by atoms with van der Waals surface area (Å²) in [7, 11) is -3.05. The van der Waals surface area contributed by atoms with Gasteiger partial charge in [-0.15, -0.1) is 0 Å². The number of hydrogen-bond donors (Lipinski definition) is 0. The number of esters is 2. The second-order valence-electron chi connectivity index (χ2n) is 16.0. The average molecular weight is 891 g/mol. The van der Waals surface area contributed by atoms with Gasteiger partial charge in [-0.2, -0.15) is 16.8 Å². The molecule has 2 aromatic rings. The van der Waals surface area contributed by atoms with E-state index in [0.29, 0.717) is 38.5 Å². The van der Waals surface area contributed by atoms with Gasteiger partial charge in [0.25, 0.3) is 11.1 Å². The Hall–Kier alpha value is -5.26. The van der Waals surface area contributed by atoms with Gasteiger partial charge in [0.2, 0.25) is 11.5 Å². The molecular formula is C36H54N6O16S2. The molecule has 0 saturated heterocycles. The predicted octanol–water partition coefficient (Wildman–Crippen LogP) is 2.92. The summed E-state index contributed by atoms with van der Waals surface area (Å²) in [5, 5.41) is 0. The first kappa shape index (κ1) is 49.1. The number of aromatic nitrogens is 4. The van der Waals surface area contributed by atoms with Crippen molar-refractivity contribution in [1.82, 2.24) is 28.9 Å². The Morgan fingerprint density at radius 1 is 0.617 bits per heavy atom. The van der Waals surface area contributed by atoms with Crippen LogP contribution in [-0.4, -0.2) is 122 Å². The van der Waals surface area contributed by atoms with Gasteiger partial charge in [-0.3, -0.25) is 18.7 Å². The van der Waals surface area contributed by atoms with Crippen LogP contribution in [0.1, 0.15) is 125 Å². The number of rotatable bonds is 8. The quantitative estimate of drug-likeness (QED) is 0.209. The first-order valence-electron chi connectivity index (χ1n) is 18.7. The largest absolute Gasteiger partial charge is 0.464 e. The zero-order valence-corrected chi connectivity index (χ0v) is 37.5. The molecule has 0 spiro atoms. The molecule has 2 atom stereocenters. The molecule has 2 amide bonds. The third kappa shape index (κ3) is 12.9. The van der Waals surface area contributed by atoms with Crippen molar-refractivity contribution in [2.75, 3.05) is 40.8 Å². The molecule has 0 fully saturated rings. The predicted molar refractivity (Wildman–Crippen MR) is 212 cm³/mol. The van der Waals surface area contributed by atoms with Crippen molar-refractivity contribution < 1.29 is 63.3 Å². The van der Waals surface area contributed by atoms with Crippen LogP contribution in [0.2, 0.25) is 0 Å². The van der Waals surface area contributed by atoms with Crippen LogP contribution in [0, 0.1) is 0 Å². The summed E-state index contributed by atoms with van der Waals surface area (Å²) in [4.78, 5) is 86.8. The third-order valence-corrected chi connectivity index (χ3v) is 9.59. The fourth-order valence-electron chi connectivity index (χ4n) is 6.10. The topological polar surface area (TPSA) is 268 Å². The van der Waals surface area contributed by atoms with Gasteiger partial charge >= 0.3 is 44.4 Å². The number of carbonyl (C=O) groups is 4. The van der Waals surface area contributed by atoms with Crippen LogP contribution in [-0.2, 0) is 52.3 Å². The van der Waals surface area contributed by atoms with Crippen molar-refractivity contribution in [1.29, 1.82) is 0 Å². The molecule has 22 nitrogen and oxygen atoms in total. The Bertz CT molecular complexity index is 2150. The number of fused-ring (bicyclic) bond motifs is 2. The molecule has 0 bridgehead atoms. The van der Waals surface area contributed by atoms with E-state index in [4.69, 9.17) is 17.8 Å². The molecule has 4 heterocycles. The number of nitrogens with zero attached hydrogens (tertiary/aromatic N) is 6. The van der Waals surface area contributed by atoms with E-state index in [1.54, 1.807) is 41.5 Å². The molecule has 0 aliphatic carbocycles. The van der Waals surface area contributed by atoms with Gasteiger partial charge in [0.15, 0.2) is 11.4 Å². The number of carbonyl (C=O) groups excluding carboxylic acids is 4. The van der Waals surface area contributed by atoms with Crippen LogP contribution in [0.4, 0.5) is 9.59 Å². The highest BCUT2D eigenvalue weighted by atomic mass is 32.2. The normalized spacial score (nSPS) is 16.8. The van der Waals surface area contributed by atoms with Crippen LogP contribution in [0.3, 0.4) is 0 Å². The maximum Gasteiger partial charge on any atom is 0.410 e. The molecule has 2 aliphatic heterocycles. The van der Waals surface area contributed by atoms with E-state index in [1.165, 1.54) is 33.0 Å². The fourth-order valence-corrected chi connectivity index (χ4v) is 7.01. The summed E-state index contributed by atoms with van der Waals surface area (Å²) in [6, 6.07) is -1.35. The monoisotopic (exact) mass is 890 g/mol. The molecule has 2 unspecified atom stereocenters. The lowest BCUT2D eigenvalue weighted by atomic mass is 10.1. The average Bonchev–Trinajstić information content (AvgIpc) is 3.47. The summed E-state index contributed by atoms with van der Waals surface area (Å²) in [6.45, 7) is 10.8. The first-order chi connectivity index (χ1) is 27.5. The Balaban J connectivity index is 0.000000320. The molecule has 0 aromatic carbocycles. The zero-order valence-electron chi connectivity index (χ0n) is 35.8. The smallest absolute Gasteiger partial charge is 0.410 e. The number of amides is 2. The Kier molecular flexibility index (Phi) is 15.5. The van der Waals surface area contributed by atoms with E-state index in [9.17, 15) is 45.6 Å². The maximum atomic E-state index is 13.0. The summed E-state index contributed by atoms with van der Waals surface area (Å²) < 4.78 is 78.6. The number of methoxy groups -OCH3 is 2. The highest BCUT2D eigenvalue weighted by molar-refractivity contribution is 7.86. The van der Waals surface area contributed by atoms with Crippen molar-refractivity contribution in [3.8, 4) is 11.5 Å². The Labute approximate surface area is 348 Å². The van der Waals surface area contributed by atoms with Gasteiger partial charge in [-0.25, -0.2) is 29.1 Å². The summed E-state index contributed by atoms with van der Waals surface area (Å²) in [5.41, 5.74) is -4.26. The zero-order chi connectivity index (χ0) is 45.7. The van der Waals surface area contributed by atoms with E-state index in [0.717, 1.165) is 26.7 Å². The second kappa shape index (κ2) is 19.0. The summed E-state index contributed by atoms with van der Waals surface area (Å²) in [6.07, 6.45) is 3.70. The molecule has 0 N–H and O–H groups in total. The van der Waals surface area contributed by atoms with Gasteiger partial charge in [0.05, 0.1) is 38.8 Å². The van der Waals surface area contributed by atoms with E-state index in [1.807, 2.05) is 0 Å². The van der Waals surface area contributed by atoms with Crippen LogP contribution >= 0.6 is 0 Å². The number of ether oxygens (including phenoxy) is 4. The lowest BCUT2D eigenvalue weighted by molar-refractivity contribution is 0.0192. The van der Waals surface area contributed by atoms with Crippen LogP contribution < -0.4 is 19.5 Å². The molecule has 24 heteroatoms. The minimum atomic E-state index is -4.11. The molecule has 0 saturated carbocycles. The Morgan fingerprint density at radius 2 is 0.933 bits per heavy atom. The maximum absolute atomic E-state index is 13.0. The van der Waals surface area contributed by atoms with E-state index in [-0.39, 0.29) is 24.7 Å². The molecule has 0 radical (unpaired) electrons. The van der Waals surface area contributed by atoms with Crippen LogP contribution in [0.5, 0.6) is 11.5 Å². The molecule has 60 heavy (non-hydrogen) atoms. The second-order valence-corrected chi connectivity index (χ2v) is 19.1. The van der Waals surface area contributed by atoms with Gasteiger partial charge in [0, 0.05) is 27.2 Å². The van der Waals surface area contributed by atoms with Crippen molar-refractivity contribution in [3.63, 3.8) is 0 Å². The molecule has 4 rings (SSSR count). The highest BCUT2D eigenvalue weighted by Crippen LogP contribution is 2.32. The van der Waals surface area contributed by atoms with Crippen molar-refractivity contribution >= 4 is 44.4 Å². The summed E-state index contributed by atoms with van der Waals surface area (Å²) in [5.74, 6) is -3.25. The highest BCUT2D eigenvalue weighted by Gasteiger charge is 2.36. The minimum absolute atomic E-state index is 0.132.